The van der Waals surface area contributed by atoms with Gasteiger partial charge >= 0.3 is 0 Å². The molecular weight excluding hydrogens is 330 g/mol. The van der Waals surface area contributed by atoms with Crippen molar-refractivity contribution < 1.29 is 4.79 Å². The van der Waals surface area contributed by atoms with Crippen molar-refractivity contribution in [3.63, 3.8) is 0 Å². The number of pyridine rings is 1. The lowest BCUT2D eigenvalue weighted by atomic mass is 10.0. The first-order chi connectivity index (χ1) is 12.1. The van der Waals surface area contributed by atoms with Crippen molar-refractivity contribution >= 4 is 17.7 Å². The van der Waals surface area contributed by atoms with Crippen LogP contribution < -0.4 is 5.32 Å². The van der Waals surface area contributed by atoms with Crippen LogP contribution >= 0.6 is 11.8 Å². The van der Waals surface area contributed by atoms with Crippen molar-refractivity contribution in [2.45, 2.75) is 37.8 Å². The van der Waals surface area contributed by atoms with E-state index in [-0.39, 0.29) is 17.7 Å². The molecule has 4 nitrogen and oxygen atoms in total. The largest absolute Gasteiger partial charge is 0.348 e. The molecule has 1 saturated carbocycles. The average Bonchev–Trinajstić information content (AvgIpc) is 3.43. The van der Waals surface area contributed by atoms with Crippen LogP contribution in [0.1, 0.15) is 41.3 Å². The van der Waals surface area contributed by atoms with Crippen LogP contribution in [0.2, 0.25) is 0 Å². The quantitative estimate of drug-likeness (QED) is 0.801. The van der Waals surface area contributed by atoms with Gasteiger partial charge in [0.05, 0.1) is 17.4 Å². The highest BCUT2D eigenvalue weighted by molar-refractivity contribution is 8.00. The van der Waals surface area contributed by atoms with Gasteiger partial charge in [0, 0.05) is 5.69 Å². The summed E-state index contributed by atoms with van der Waals surface area (Å²) < 4.78 is 0. The first kappa shape index (κ1) is 17.5. The van der Waals surface area contributed by atoms with Crippen LogP contribution in [0.15, 0.2) is 41.4 Å². The molecule has 5 heteroatoms. The van der Waals surface area contributed by atoms with E-state index < -0.39 is 0 Å². The summed E-state index contributed by atoms with van der Waals surface area (Å²) in [4.78, 5) is 16.9. The Morgan fingerprint density at radius 3 is 2.72 bits per heavy atom. The predicted molar refractivity (Wildman–Crippen MR) is 99.2 cm³/mol. The van der Waals surface area contributed by atoms with Gasteiger partial charge in [-0.05, 0) is 49.8 Å². The van der Waals surface area contributed by atoms with E-state index in [0.717, 1.165) is 29.7 Å². The van der Waals surface area contributed by atoms with E-state index in [1.807, 2.05) is 38.1 Å². The van der Waals surface area contributed by atoms with Crippen LogP contribution in [0.5, 0.6) is 0 Å². The number of aryl methyl sites for hydroxylation is 2. The second-order valence-electron chi connectivity index (χ2n) is 6.45. The zero-order valence-corrected chi connectivity index (χ0v) is 15.3. The van der Waals surface area contributed by atoms with Gasteiger partial charge in [0.15, 0.2) is 0 Å². The molecule has 1 heterocycles. The maximum atomic E-state index is 12.5. The number of carbonyl (C=O) groups excluding carboxylic acids is 1. The normalized spacial score (nSPS) is 14.6. The van der Waals surface area contributed by atoms with Gasteiger partial charge in [-0.2, -0.15) is 5.26 Å². The molecule has 1 aromatic carbocycles. The summed E-state index contributed by atoms with van der Waals surface area (Å²) in [5.74, 6) is 0.779. The maximum absolute atomic E-state index is 12.5. The Morgan fingerprint density at radius 1 is 1.36 bits per heavy atom. The summed E-state index contributed by atoms with van der Waals surface area (Å²) in [6.07, 6.45) is 2.31. The van der Waals surface area contributed by atoms with Crippen LogP contribution in [0.3, 0.4) is 0 Å². The second kappa shape index (κ2) is 7.71. The van der Waals surface area contributed by atoms with Gasteiger partial charge in [0.1, 0.15) is 11.1 Å². The van der Waals surface area contributed by atoms with Crippen molar-refractivity contribution in [2.75, 3.05) is 5.75 Å². The first-order valence-corrected chi connectivity index (χ1v) is 9.42. The zero-order chi connectivity index (χ0) is 17.8. The van der Waals surface area contributed by atoms with Crippen LogP contribution in [-0.2, 0) is 4.79 Å². The topological polar surface area (TPSA) is 65.8 Å². The van der Waals surface area contributed by atoms with E-state index >= 15 is 0 Å². The number of thioether (sulfide) groups is 1. The molecule has 0 saturated heterocycles. The van der Waals surface area contributed by atoms with Gasteiger partial charge in [-0.15, -0.1) is 0 Å². The van der Waals surface area contributed by atoms with E-state index in [1.54, 1.807) is 0 Å². The van der Waals surface area contributed by atoms with Gasteiger partial charge in [-0.3, -0.25) is 4.79 Å². The molecule has 0 bridgehead atoms. The third kappa shape index (κ3) is 4.40. The second-order valence-corrected chi connectivity index (χ2v) is 7.42. The van der Waals surface area contributed by atoms with Crippen molar-refractivity contribution in [3.05, 3.63) is 58.8 Å². The van der Waals surface area contributed by atoms with Crippen LogP contribution in [0.4, 0.5) is 0 Å². The Morgan fingerprint density at radius 2 is 2.08 bits per heavy atom. The molecule has 128 valence electrons. The molecule has 1 aliphatic carbocycles. The molecule has 1 unspecified atom stereocenters. The Balaban J connectivity index is 1.66. The monoisotopic (exact) mass is 351 g/mol. The number of nitrogens with zero attached hydrogens (tertiary/aromatic N) is 2. The van der Waals surface area contributed by atoms with E-state index in [2.05, 4.69) is 28.5 Å². The first-order valence-electron chi connectivity index (χ1n) is 8.44. The summed E-state index contributed by atoms with van der Waals surface area (Å²) in [7, 11) is 0. The average molecular weight is 351 g/mol. The van der Waals surface area contributed by atoms with Gasteiger partial charge in [-0.25, -0.2) is 4.98 Å². The number of aromatic nitrogens is 1. The number of hydrogen-bond acceptors (Lipinski definition) is 4. The van der Waals surface area contributed by atoms with E-state index in [9.17, 15) is 10.1 Å². The lowest BCUT2D eigenvalue weighted by Gasteiger charge is -2.18. The smallest absolute Gasteiger partial charge is 0.230 e. The number of carbonyl (C=O) groups is 1. The lowest BCUT2D eigenvalue weighted by molar-refractivity contribution is -0.119. The molecule has 2 aromatic rings. The standard InChI is InChI=1S/C20H21N3OS/c1-13-10-14(2)22-20(17(13)11-21)25-12-18(24)23-19(16-8-9-16)15-6-4-3-5-7-15/h3-7,10,16,19H,8-9,12H2,1-2H3,(H,23,24). The van der Waals surface area contributed by atoms with Crippen LogP contribution in [0, 0.1) is 31.1 Å². The van der Waals surface area contributed by atoms with E-state index in [0.29, 0.717) is 16.5 Å². The summed E-state index contributed by atoms with van der Waals surface area (Å²) in [6.45, 7) is 3.80. The highest BCUT2D eigenvalue weighted by atomic mass is 32.2. The lowest BCUT2D eigenvalue weighted by Crippen LogP contribution is -2.31. The summed E-state index contributed by atoms with van der Waals surface area (Å²) in [5, 5.41) is 13.1. The highest BCUT2D eigenvalue weighted by Crippen LogP contribution is 2.41. The molecule has 1 aliphatic rings. The summed E-state index contributed by atoms with van der Waals surface area (Å²) in [6, 6.07) is 14.3. The van der Waals surface area contributed by atoms with Gasteiger partial charge in [-0.1, -0.05) is 42.1 Å². The Kier molecular flexibility index (Phi) is 5.40. The number of rotatable bonds is 6. The third-order valence-electron chi connectivity index (χ3n) is 4.33. The molecular formula is C20H21N3OS. The number of hydrogen-bond donors (Lipinski definition) is 1. The minimum Gasteiger partial charge on any atom is -0.348 e. The number of nitrogens with one attached hydrogen (secondary N) is 1. The van der Waals surface area contributed by atoms with Gasteiger partial charge in [0.2, 0.25) is 5.91 Å². The van der Waals surface area contributed by atoms with Crippen LogP contribution in [-0.4, -0.2) is 16.6 Å². The Hall–Kier alpha value is -2.32. The minimum atomic E-state index is -0.0180. The van der Waals surface area contributed by atoms with Crippen molar-refractivity contribution in [1.29, 1.82) is 5.26 Å². The van der Waals surface area contributed by atoms with Crippen molar-refractivity contribution in [3.8, 4) is 6.07 Å². The molecule has 0 radical (unpaired) electrons. The molecule has 3 rings (SSSR count). The molecule has 1 N–H and O–H groups in total. The SMILES string of the molecule is Cc1cc(C)c(C#N)c(SCC(=O)NC(c2ccccc2)C2CC2)n1. The fraction of sp³-hybridized carbons (Fsp3) is 0.350. The molecule has 0 spiro atoms. The molecule has 1 fully saturated rings. The third-order valence-corrected chi connectivity index (χ3v) is 5.31. The van der Waals surface area contributed by atoms with Crippen LogP contribution in [0.25, 0.3) is 0 Å². The van der Waals surface area contributed by atoms with Crippen molar-refractivity contribution in [1.82, 2.24) is 10.3 Å². The van der Waals surface area contributed by atoms with E-state index in [1.165, 1.54) is 11.8 Å². The summed E-state index contributed by atoms with van der Waals surface area (Å²) in [5.41, 5.74) is 3.48. The number of amides is 1. The molecule has 25 heavy (non-hydrogen) atoms. The molecule has 1 atom stereocenters. The van der Waals surface area contributed by atoms with Crippen molar-refractivity contribution in [2.24, 2.45) is 5.92 Å². The number of nitriles is 1. The fourth-order valence-electron chi connectivity index (χ4n) is 2.96. The predicted octanol–water partition coefficient (Wildman–Crippen LogP) is 3.93. The van der Waals surface area contributed by atoms with E-state index in [4.69, 9.17) is 0 Å². The molecule has 1 aromatic heterocycles. The Labute approximate surface area is 152 Å². The maximum Gasteiger partial charge on any atom is 0.230 e. The minimum absolute atomic E-state index is 0.0180. The fourth-order valence-corrected chi connectivity index (χ4v) is 3.87. The Bertz CT molecular complexity index is 810. The highest BCUT2D eigenvalue weighted by Gasteiger charge is 2.33. The summed E-state index contributed by atoms with van der Waals surface area (Å²) >= 11 is 1.33. The number of benzene rings is 1. The van der Waals surface area contributed by atoms with Gasteiger partial charge in [0.25, 0.3) is 0 Å². The van der Waals surface area contributed by atoms with Gasteiger partial charge < -0.3 is 5.32 Å². The molecule has 1 amide bonds. The zero-order valence-electron chi connectivity index (χ0n) is 14.5. The molecule has 0 aliphatic heterocycles.